The Morgan fingerprint density at radius 3 is 2.44 bits per heavy atom. The SMILES string of the molecule is O=CN1CC2(CNC2)C1. The van der Waals surface area contributed by atoms with E-state index in [1.165, 1.54) is 0 Å². The Hall–Kier alpha value is -0.570. The second-order valence-electron chi connectivity index (χ2n) is 3.11. The van der Waals surface area contributed by atoms with E-state index in [9.17, 15) is 4.79 Å². The maximum atomic E-state index is 10.1. The molecule has 0 aromatic rings. The van der Waals surface area contributed by atoms with E-state index in [-0.39, 0.29) is 0 Å². The number of carbonyl (C=O) groups is 1. The predicted molar refractivity (Wildman–Crippen MR) is 32.9 cm³/mol. The molecule has 0 aromatic heterocycles. The van der Waals surface area contributed by atoms with E-state index in [1.807, 2.05) is 4.90 Å². The average Bonchev–Trinajstić information content (AvgIpc) is 1.59. The summed E-state index contributed by atoms with van der Waals surface area (Å²) in [7, 11) is 0. The number of nitrogens with one attached hydrogen (secondary N) is 1. The van der Waals surface area contributed by atoms with Crippen molar-refractivity contribution in [2.45, 2.75) is 0 Å². The molecule has 1 N–H and O–H groups in total. The van der Waals surface area contributed by atoms with Crippen molar-refractivity contribution in [1.29, 1.82) is 0 Å². The summed E-state index contributed by atoms with van der Waals surface area (Å²) >= 11 is 0. The van der Waals surface area contributed by atoms with Gasteiger partial charge in [0.05, 0.1) is 0 Å². The van der Waals surface area contributed by atoms with Gasteiger partial charge in [-0.15, -0.1) is 0 Å². The smallest absolute Gasteiger partial charge is 0.209 e. The molecule has 50 valence electrons. The van der Waals surface area contributed by atoms with Crippen molar-refractivity contribution in [3.8, 4) is 0 Å². The van der Waals surface area contributed by atoms with Gasteiger partial charge in [-0.2, -0.15) is 0 Å². The zero-order chi connectivity index (χ0) is 6.32. The van der Waals surface area contributed by atoms with E-state index < -0.39 is 0 Å². The van der Waals surface area contributed by atoms with Crippen LogP contribution in [-0.2, 0) is 4.79 Å². The van der Waals surface area contributed by atoms with E-state index >= 15 is 0 Å². The fourth-order valence-corrected chi connectivity index (χ4v) is 1.59. The van der Waals surface area contributed by atoms with Crippen LogP contribution < -0.4 is 5.32 Å². The molecule has 0 aromatic carbocycles. The van der Waals surface area contributed by atoms with Gasteiger partial charge in [-0.1, -0.05) is 0 Å². The highest BCUT2D eigenvalue weighted by Crippen LogP contribution is 2.32. The van der Waals surface area contributed by atoms with Gasteiger partial charge in [0.15, 0.2) is 0 Å². The first-order valence-electron chi connectivity index (χ1n) is 3.25. The first kappa shape index (κ1) is 5.23. The molecule has 2 rings (SSSR count). The number of amides is 1. The molecule has 0 radical (unpaired) electrons. The van der Waals surface area contributed by atoms with Crippen LogP contribution in [0, 0.1) is 5.41 Å². The van der Waals surface area contributed by atoms with Crippen molar-refractivity contribution in [1.82, 2.24) is 10.2 Å². The quantitative estimate of drug-likeness (QED) is 0.459. The Kier molecular flexibility index (Phi) is 0.858. The van der Waals surface area contributed by atoms with Crippen LogP contribution in [0.25, 0.3) is 0 Å². The number of rotatable bonds is 1. The third kappa shape index (κ3) is 0.580. The minimum Gasteiger partial charge on any atom is -0.344 e. The lowest BCUT2D eigenvalue weighted by Gasteiger charge is -2.54. The molecule has 3 heteroatoms. The van der Waals surface area contributed by atoms with Crippen LogP contribution in [0.15, 0.2) is 0 Å². The molecule has 0 atom stereocenters. The topological polar surface area (TPSA) is 32.3 Å². The summed E-state index contributed by atoms with van der Waals surface area (Å²) in [5.74, 6) is 0. The average molecular weight is 126 g/mol. The van der Waals surface area contributed by atoms with Crippen molar-refractivity contribution in [2.24, 2.45) is 5.41 Å². The van der Waals surface area contributed by atoms with Gasteiger partial charge in [-0.3, -0.25) is 4.79 Å². The fourth-order valence-electron chi connectivity index (χ4n) is 1.59. The zero-order valence-electron chi connectivity index (χ0n) is 5.26. The summed E-state index contributed by atoms with van der Waals surface area (Å²) in [6.45, 7) is 4.17. The van der Waals surface area contributed by atoms with Gasteiger partial charge in [0.2, 0.25) is 6.41 Å². The summed E-state index contributed by atoms with van der Waals surface area (Å²) in [6.07, 6.45) is 0.934. The third-order valence-corrected chi connectivity index (χ3v) is 2.23. The molecule has 9 heavy (non-hydrogen) atoms. The summed E-state index contributed by atoms with van der Waals surface area (Å²) in [5, 5.41) is 3.21. The monoisotopic (exact) mass is 126 g/mol. The minimum absolute atomic E-state index is 0.501. The Morgan fingerprint density at radius 2 is 2.11 bits per heavy atom. The molecular weight excluding hydrogens is 116 g/mol. The normalized spacial score (nSPS) is 29.1. The second-order valence-corrected chi connectivity index (χ2v) is 3.11. The van der Waals surface area contributed by atoms with Crippen LogP contribution in [-0.4, -0.2) is 37.5 Å². The second kappa shape index (κ2) is 1.48. The highest BCUT2D eigenvalue weighted by atomic mass is 16.1. The lowest BCUT2D eigenvalue weighted by Crippen LogP contribution is -2.70. The van der Waals surface area contributed by atoms with Gasteiger partial charge in [0, 0.05) is 31.6 Å². The summed E-state index contributed by atoms with van der Waals surface area (Å²) in [5.41, 5.74) is 0.501. The maximum Gasteiger partial charge on any atom is 0.209 e. The third-order valence-electron chi connectivity index (χ3n) is 2.23. The first-order valence-corrected chi connectivity index (χ1v) is 3.25. The predicted octanol–water partition coefficient (Wildman–Crippen LogP) is -0.952. The van der Waals surface area contributed by atoms with E-state index in [0.717, 1.165) is 32.6 Å². The molecule has 0 bridgehead atoms. The van der Waals surface area contributed by atoms with Crippen LogP contribution in [0.5, 0.6) is 0 Å². The zero-order valence-corrected chi connectivity index (χ0v) is 5.26. The largest absolute Gasteiger partial charge is 0.344 e. The molecule has 2 heterocycles. The van der Waals surface area contributed by atoms with E-state index in [2.05, 4.69) is 5.32 Å². The number of nitrogens with zero attached hydrogens (tertiary/aromatic N) is 1. The highest BCUT2D eigenvalue weighted by Gasteiger charge is 2.46. The molecule has 2 fully saturated rings. The molecule has 1 amide bonds. The van der Waals surface area contributed by atoms with Crippen LogP contribution in [0.2, 0.25) is 0 Å². The number of hydrogen-bond acceptors (Lipinski definition) is 2. The van der Waals surface area contributed by atoms with Crippen molar-refractivity contribution < 1.29 is 4.79 Å². The molecule has 2 aliphatic rings. The molecule has 2 aliphatic heterocycles. The first-order chi connectivity index (χ1) is 4.35. The molecular formula is C6H10N2O. The van der Waals surface area contributed by atoms with Crippen LogP contribution in [0.3, 0.4) is 0 Å². The van der Waals surface area contributed by atoms with Gasteiger partial charge < -0.3 is 10.2 Å². The van der Waals surface area contributed by atoms with Crippen molar-refractivity contribution in [3.05, 3.63) is 0 Å². The number of likely N-dealkylation sites (tertiary alicyclic amines) is 1. The van der Waals surface area contributed by atoms with Gasteiger partial charge in [0.1, 0.15) is 0 Å². The number of hydrogen-bond donors (Lipinski definition) is 1. The maximum absolute atomic E-state index is 10.1. The van der Waals surface area contributed by atoms with Crippen molar-refractivity contribution in [3.63, 3.8) is 0 Å². The van der Waals surface area contributed by atoms with Gasteiger partial charge in [-0.05, 0) is 0 Å². The summed E-state index contributed by atoms with van der Waals surface area (Å²) < 4.78 is 0. The minimum atomic E-state index is 0.501. The lowest BCUT2D eigenvalue weighted by atomic mass is 9.75. The van der Waals surface area contributed by atoms with Gasteiger partial charge in [0.25, 0.3) is 0 Å². The Morgan fingerprint density at radius 1 is 1.44 bits per heavy atom. The molecule has 0 saturated carbocycles. The molecule has 2 saturated heterocycles. The summed E-state index contributed by atoms with van der Waals surface area (Å²) in [4.78, 5) is 11.9. The Balaban J connectivity index is 1.88. The number of carbonyl (C=O) groups excluding carboxylic acids is 1. The van der Waals surface area contributed by atoms with Crippen LogP contribution in [0.1, 0.15) is 0 Å². The lowest BCUT2D eigenvalue weighted by molar-refractivity contribution is -0.132. The molecule has 3 nitrogen and oxygen atoms in total. The van der Waals surface area contributed by atoms with E-state index in [1.54, 1.807) is 0 Å². The highest BCUT2D eigenvalue weighted by molar-refractivity contribution is 5.49. The van der Waals surface area contributed by atoms with E-state index in [4.69, 9.17) is 0 Å². The molecule has 0 aliphatic carbocycles. The van der Waals surface area contributed by atoms with Crippen LogP contribution >= 0.6 is 0 Å². The Bertz CT molecular complexity index is 134. The van der Waals surface area contributed by atoms with Crippen molar-refractivity contribution in [2.75, 3.05) is 26.2 Å². The van der Waals surface area contributed by atoms with E-state index in [0.29, 0.717) is 5.41 Å². The van der Waals surface area contributed by atoms with Crippen LogP contribution in [0.4, 0.5) is 0 Å². The Labute approximate surface area is 54.0 Å². The molecule has 0 unspecified atom stereocenters. The fraction of sp³-hybridized carbons (Fsp3) is 0.833. The van der Waals surface area contributed by atoms with Crippen molar-refractivity contribution >= 4 is 6.41 Å². The summed E-state index contributed by atoms with van der Waals surface area (Å²) in [6, 6.07) is 0. The van der Waals surface area contributed by atoms with Gasteiger partial charge >= 0.3 is 0 Å². The standard InChI is InChI=1S/C6H10N2O/c9-5-8-3-6(4-8)1-7-2-6/h5,7H,1-4H2. The van der Waals surface area contributed by atoms with Gasteiger partial charge in [-0.25, -0.2) is 0 Å². The molecule has 1 spiro atoms.